The van der Waals surface area contributed by atoms with Crippen molar-refractivity contribution in [3.05, 3.63) is 0 Å². The third kappa shape index (κ3) is 5.21. The molecule has 0 aromatic heterocycles. The summed E-state index contributed by atoms with van der Waals surface area (Å²) in [7, 11) is 0. The topological polar surface area (TPSA) is 36.1 Å². The van der Waals surface area contributed by atoms with E-state index in [2.05, 4.69) is 16.0 Å². The molecule has 3 nitrogen and oxygen atoms in total. The molecule has 0 spiro atoms. The van der Waals surface area contributed by atoms with Crippen molar-refractivity contribution in [2.24, 2.45) is 53.3 Å². The first-order chi connectivity index (χ1) is 17.8. The molecule has 1 aliphatic heterocycles. The van der Waals surface area contributed by atoms with Crippen LogP contribution in [0.3, 0.4) is 0 Å². The fourth-order valence-corrected chi connectivity index (χ4v) is 11.2. The van der Waals surface area contributed by atoms with Gasteiger partial charge in [-0.15, -0.1) is 0 Å². The first kappa shape index (κ1) is 24.9. The molecule has 204 valence electrons. The van der Waals surface area contributed by atoms with E-state index in [1.54, 1.807) is 0 Å². The van der Waals surface area contributed by atoms with E-state index in [0.29, 0.717) is 18.5 Å². The van der Waals surface area contributed by atoms with Crippen molar-refractivity contribution in [1.82, 2.24) is 16.0 Å². The van der Waals surface area contributed by atoms with Crippen molar-refractivity contribution in [2.75, 3.05) is 0 Å². The molecule has 0 aromatic rings. The van der Waals surface area contributed by atoms with Gasteiger partial charge in [0, 0.05) is 0 Å². The summed E-state index contributed by atoms with van der Waals surface area (Å²) >= 11 is 0. The minimum atomic E-state index is 0.553. The van der Waals surface area contributed by atoms with Crippen LogP contribution in [0.4, 0.5) is 0 Å². The van der Waals surface area contributed by atoms with Gasteiger partial charge in [0.25, 0.3) is 0 Å². The molecule has 7 rings (SSSR count). The molecule has 1 saturated heterocycles. The second kappa shape index (κ2) is 11.2. The van der Waals surface area contributed by atoms with Crippen molar-refractivity contribution in [1.29, 1.82) is 0 Å². The van der Waals surface area contributed by atoms with Crippen LogP contribution in [-0.4, -0.2) is 18.5 Å². The molecule has 7 aliphatic rings. The van der Waals surface area contributed by atoms with Gasteiger partial charge >= 0.3 is 0 Å². The number of rotatable bonds is 3. The molecule has 6 saturated carbocycles. The number of nitrogens with one attached hydrogen (secondary N) is 3. The zero-order chi connectivity index (χ0) is 23.9. The highest BCUT2D eigenvalue weighted by atomic mass is 15.4. The van der Waals surface area contributed by atoms with Gasteiger partial charge in [-0.1, -0.05) is 77.0 Å². The lowest BCUT2D eigenvalue weighted by Crippen LogP contribution is -2.73. The predicted molar refractivity (Wildman–Crippen MR) is 149 cm³/mol. The number of hydrogen-bond donors (Lipinski definition) is 3. The molecule has 36 heavy (non-hydrogen) atoms. The summed E-state index contributed by atoms with van der Waals surface area (Å²) in [5, 5.41) is 12.9. The lowest BCUT2D eigenvalue weighted by atomic mass is 9.65. The van der Waals surface area contributed by atoms with Crippen molar-refractivity contribution in [3.63, 3.8) is 0 Å². The first-order valence-corrected chi connectivity index (χ1v) is 17.1. The minimum Gasteiger partial charge on any atom is -0.286 e. The molecule has 7 fully saturated rings. The van der Waals surface area contributed by atoms with Gasteiger partial charge in [-0.3, -0.25) is 16.0 Å². The minimum absolute atomic E-state index is 0.553. The van der Waals surface area contributed by atoms with Crippen LogP contribution in [0.5, 0.6) is 0 Å². The van der Waals surface area contributed by atoms with E-state index in [1.165, 1.54) is 135 Å². The number of hydrogen-bond acceptors (Lipinski definition) is 3. The molecule has 0 amide bonds. The first-order valence-electron chi connectivity index (χ1n) is 17.1. The van der Waals surface area contributed by atoms with Crippen molar-refractivity contribution >= 4 is 0 Å². The molecule has 3 heteroatoms. The highest BCUT2D eigenvalue weighted by molar-refractivity contribution is 4.98. The van der Waals surface area contributed by atoms with Crippen LogP contribution in [-0.2, 0) is 0 Å². The van der Waals surface area contributed by atoms with Crippen LogP contribution in [0.15, 0.2) is 0 Å². The summed E-state index contributed by atoms with van der Waals surface area (Å²) in [6, 6.07) is 0. The molecule has 0 aromatic carbocycles. The van der Waals surface area contributed by atoms with Crippen LogP contribution in [0.1, 0.15) is 135 Å². The van der Waals surface area contributed by atoms with E-state index >= 15 is 0 Å². The summed E-state index contributed by atoms with van der Waals surface area (Å²) < 4.78 is 0. The van der Waals surface area contributed by atoms with Gasteiger partial charge < -0.3 is 0 Å². The molecule has 3 N–H and O–H groups in total. The Kier molecular flexibility index (Phi) is 7.72. The second-order valence-corrected chi connectivity index (χ2v) is 15.1. The Hall–Kier alpha value is -0.120. The normalized spacial score (nSPS) is 52.0. The van der Waals surface area contributed by atoms with E-state index in [4.69, 9.17) is 0 Å². The molecule has 9 unspecified atom stereocenters. The second-order valence-electron chi connectivity index (χ2n) is 15.1. The van der Waals surface area contributed by atoms with Gasteiger partial charge in [0.1, 0.15) is 0 Å². The fourth-order valence-electron chi connectivity index (χ4n) is 11.2. The summed E-state index contributed by atoms with van der Waals surface area (Å²) in [5.74, 6) is 8.84. The Labute approximate surface area is 222 Å². The molecule has 0 radical (unpaired) electrons. The zero-order valence-electron chi connectivity index (χ0n) is 23.3. The maximum absolute atomic E-state index is 4.29. The van der Waals surface area contributed by atoms with Crippen LogP contribution < -0.4 is 16.0 Å². The highest BCUT2D eigenvalue weighted by Gasteiger charge is 2.45. The lowest BCUT2D eigenvalue weighted by Gasteiger charge is -2.52. The standard InChI is InChI=1S/C33H57N3/c1-4-10-25-19-28(16-13-22(25)7-1)31-34-32(29-17-14-23-8-2-5-11-26(23)20-29)36-33(35-31)30-18-15-24-9-3-6-12-27(24)21-30/h22-36H,1-21H2. The van der Waals surface area contributed by atoms with E-state index in [0.717, 1.165) is 53.3 Å². The van der Waals surface area contributed by atoms with Crippen molar-refractivity contribution in [3.8, 4) is 0 Å². The van der Waals surface area contributed by atoms with Crippen LogP contribution in [0.2, 0.25) is 0 Å². The summed E-state index contributed by atoms with van der Waals surface area (Å²) in [5.41, 5.74) is 0. The summed E-state index contributed by atoms with van der Waals surface area (Å²) in [6.45, 7) is 0. The van der Waals surface area contributed by atoms with Gasteiger partial charge in [-0.25, -0.2) is 0 Å². The van der Waals surface area contributed by atoms with Gasteiger partial charge in [0.15, 0.2) is 0 Å². The Morgan fingerprint density at radius 3 is 0.806 bits per heavy atom. The van der Waals surface area contributed by atoms with E-state index in [9.17, 15) is 0 Å². The quantitative estimate of drug-likeness (QED) is 0.378. The van der Waals surface area contributed by atoms with Crippen LogP contribution in [0, 0.1) is 53.3 Å². The van der Waals surface area contributed by atoms with Crippen LogP contribution in [0.25, 0.3) is 0 Å². The van der Waals surface area contributed by atoms with Gasteiger partial charge in [-0.2, -0.15) is 0 Å². The monoisotopic (exact) mass is 495 g/mol. The predicted octanol–water partition coefficient (Wildman–Crippen LogP) is 7.57. The van der Waals surface area contributed by atoms with Crippen molar-refractivity contribution < 1.29 is 0 Å². The average Bonchev–Trinajstić information content (AvgIpc) is 2.96. The van der Waals surface area contributed by atoms with E-state index in [1.807, 2.05) is 0 Å². The van der Waals surface area contributed by atoms with Gasteiger partial charge in [0.2, 0.25) is 0 Å². The smallest absolute Gasteiger partial charge is 0.0624 e. The SMILES string of the molecule is C1CCC2CC(C3NC(C4CCC5CCCCC5C4)NC(C4CCC5CCCCC5C4)N3)CCC2C1. The summed E-state index contributed by atoms with van der Waals surface area (Å²) in [6.07, 6.45) is 33.3. The highest BCUT2D eigenvalue weighted by Crippen LogP contribution is 2.47. The third-order valence-corrected chi connectivity index (χ3v) is 13.2. The van der Waals surface area contributed by atoms with E-state index in [-0.39, 0.29) is 0 Å². The Bertz CT molecular complexity index is 623. The molecule has 0 bridgehead atoms. The lowest BCUT2D eigenvalue weighted by molar-refractivity contribution is 0.00936. The van der Waals surface area contributed by atoms with E-state index < -0.39 is 0 Å². The third-order valence-electron chi connectivity index (χ3n) is 13.2. The maximum Gasteiger partial charge on any atom is 0.0624 e. The molecule has 1 heterocycles. The molecular weight excluding hydrogens is 438 g/mol. The van der Waals surface area contributed by atoms with Gasteiger partial charge in [-0.05, 0) is 111 Å². The maximum atomic E-state index is 4.29. The zero-order valence-corrected chi connectivity index (χ0v) is 23.3. The largest absolute Gasteiger partial charge is 0.286 e. The molecular formula is C33H57N3. The molecule has 9 atom stereocenters. The van der Waals surface area contributed by atoms with Crippen molar-refractivity contribution in [2.45, 2.75) is 153 Å². The average molecular weight is 496 g/mol. The number of fused-ring (bicyclic) bond motifs is 3. The Balaban J connectivity index is 1.06. The van der Waals surface area contributed by atoms with Gasteiger partial charge in [0.05, 0.1) is 18.5 Å². The summed E-state index contributed by atoms with van der Waals surface area (Å²) in [4.78, 5) is 0. The van der Waals surface area contributed by atoms with Crippen LogP contribution >= 0.6 is 0 Å². The fraction of sp³-hybridized carbons (Fsp3) is 1.00. The Morgan fingerprint density at radius 1 is 0.250 bits per heavy atom. The Morgan fingerprint density at radius 2 is 0.500 bits per heavy atom. The molecule has 6 aliphatic carbocycles.